The molecule has 1 saturated heterocycles. The number of rotatable bonds is 1. The van der Waals surface area contributed by atoms with Crippen LogP contribution in [0.5, 0.6) is 11.5 Å². The van der Waals surface area contributed by atoms with Gasteiger partial charge in [0.15, 0.2) is 0 Å². The molecule has 1 unspecified atom stereocenters. The number of carbonyl (C=O) groups excluding carboxylic acids is 2. The summed E-state index contributed by atoms with van der Waals surface area (Å²) in [6.45, 7) is 0.583. The molecule has 0 aliphatic carbocycles. The summed E-state index contributed by atoms with van der Waals surface area (Å²) < 4.78 is 10.7. The third-order valence-electron chi connectivity index (χ3n) is 3.32. The number of imide groups is 1. The van der Waals surface area contributed by atoms with Gasteiger partial charge in [-0.2, -0.15) is 0 Å². The first kappa shape index (κ1) is 11.6. The van der Waals surface area contributed by atoms with E-state index in [9.17, 15) is 9.59 Å². The molecule has 0 bridgehead atoms. The summed E-state index contributed by atoms with van der Waals surface area (Å²) in [6.07, 6.45) is 0. The summed E-state index contributed by atoms with van der Waals surface area (Å²) in [5, 5.41) is 0. The predicted molar refractivity (Wildman–Crippen MR) is 66.4 cm³/mol. The molecule has 7 nitrogen and oxygen atoms in total. The van der Waals surface area contributed by atoms with Crippen LogP contribution in [0.4, 0.5) is 15.3 Å². The van der Waals surface area contributed by atoms with Crippen LogP contribution >= 0.6 is 0 Å². The number of anilines is 1. The number of carbonyl (C=O) groups is 2. The summed E-state index contributed by atoms with van der Waals surface area (Å²) in [5.74, 6) is 1.21. The molecule has 0 aromatic heterocycles. The fraction of sp³-hybridized carbons (Fsp3) is 0.333. The molecule has 2 N–H and O–H groups in total. The zero-order valence-corrected chi connectivity index (χ0v) is 10.3. The van der Waals surface area contributed by atoms with Gasteiger partial charge in [0.2, 0.25) is 0 Å². The lowest BCUT2D eigenvalue weighted by atomic mass is 10.2. The second kappa shape index (κ2) is 4.04. The van der Waals surface area contributed by atoms with E-state index in [1.165, 1.54) is 4.90 Å². The number of fused-ring (bicyclic) bond motifs is 3. The minimum Gasteiger partial charge on any atom is -0.497 e. The van der Waals surface area contributed by atoms with Crippen molar-refractivity contribution in [2.45, 2.75) is 6.04 Å². The molecule has 1 atom stereocenters. The van der Waals surface area contributed by atoms with Gasteiger partial charge in [0.25, 0.3) is 0 Å². The Morgan fingerprint density at radius 1 is 1.53 bits per heavy atom. The lowest BCUT2D eigenvalue weighted by molar-refractivity contribution is 0.206. The van der Waals surface area contributed by atoms with Crippen molar-refractivity contribution in [2.24, 2.45) is 5.73 Å². The van der Waals surface area contributed by atoms with Crippen molar-refractivity contribution >= 4 is 17.7 Å². The molecule has 7 heteroatoms. The van der Waals surface area contributed by atoms with Crippen molar-refractivity contribution in [3.8, 4) is 11.5 Å². The highest BCUT2D eigenvalue weighted by Gasteiger charge is 2.44. The quantitative estimate of drug-likeness (QED) is 0.811. The maximum absolute atomic E-state index is 12.2. The molecular formula is C12H13N3O4. The number of ether oxygens (including phenoxy) is 2. The first-order valence-electron chi connectivity index (χ1n) is 5.83. The fourth-order valence-corrected chi connectivity index (χ4v) is 2.39. The summed E-state index contributed by atoms with van der Waals surface area (Å²) >= 11 is 0. The van der Waals surface area contributed by atoms with E-state index in [2.05, 4.69) is 0 Å². The lowest BCUT2D eigenvalue weighted by Gasteiger charge is -2.30. The Morgan fingerprint density at radius 2 is 2.32 bits per heavy atom. The van der Waals surface area contributed by atoms with E-state index in [1.54, 1.807) is 25.3 Å². The third-order valence-corrected chi connectivity index (χ3v) is 3.32. The zero-order valence-electron chi connectivity index (χ0n) is 10.3. The van der Waals surface area contributed by atoms with Crippen LogP contribution in [0.1, 0.15) is 0 Å². The van der Waals surface area contributed by atoms with Gasteiger partial charge in [0.05, 0.1) is 25.4 Å². The van der Waals surface area contributed by atoms with Gasteiger partial charge in [-0.15, -0.1) is 0 Å². The highest BCUT2D eigenvalue weighted by molar-refractivity contribution is 6.05. The predicted octanol–water partition coefficient (Wildman–Crippen LogP) is 0.777. The molecule has 2 heterocycles. The number of methoxy groups -OCH3 is 1. The Labute approximate surface area is 109 Å². The van der Waals surface area contributed by atoms with E-state index >= 15 is 0 Å². The molecule has 2 aliphatic rings. The second-order valence-corrected chi connectivity index (χ2v) is 4.40. The number of hydrogen-bond donors (Lipinski definition) is 1. The monoisotopic (exact) mass is 263 g/mol. The summed E-state index contributed by atoms with van der Waals surface area (Å²) in [6, 6.07) is 3.83. The highest BCUT2D eigenvalue weighted by Crippen LogP contribution is 2.39. The van der Waals surface area contributed by atoms with Crippen LogP contribution in [-0.2, 0) is 0 Å². The van der Waals surface area contributed by atoms with E-state index in [0.29, 0.717) is 23.8 Å². The molecule has 4 amide bonds. The number of amides is 4. The third kappa shape index (κ3) is 1.66. The normalized spacial score (nSPS) is 20.7. The van der Waals surface area contributed by atoms with Crippen molar-refractivity contribution in [1.82, 2.24) is 4.90 Å². The first-order valence-corrected chi connectivity index (χ1v) is 5.83. The van der Waals surface area contributed by atoms with E-state index in [0.717, 1.165) is 4.90 Å². The van der Waals surface area contributed by atoms with Crippen LogP contribution in [0.15, 0.2) is 18.2 Å². The molecule has 3 rings (SSSR count). The number of nitrogens with two attached hydrogens (primary N) is 1. The smallest absolute Gasteiger partial charge is 0.333 e. The number of benzene rings is 1. The Morgan fingerprint density at radius 3 is 3.00 bits per heavy atom. The van der Waals surface area contributed by atoms with Crippen molar-refractivity contribution in [3.63, 3.8) is 0 Å². The van der Waals surface area contributed by atoms with Crippen LogP contribution < -0.4 is 20.1 Å². The van der Waals surface area contributed by atoms with Crippen molar-refractivity contribution in [3.05, 3.63) is 18.2 Å². The molecule has 1 aromatic carbocycles. The average molecular weight is 263 g/mol. The van der Waals surface area contributed by atoms with Gasteiger partial charge in [-0.25, -0.2) is 14.5 Å². The Kier molecular flexibility index (Phi) is 2.48. The lowest BCUT2D eigenvalue weighted by Crippen LogP contribution is -2.42. The summed E-state index contributed by atoms with van der Waals surface area (Å²) in [4.78, 5) is 26.0. The van der Waals surface area contributed by atoms with Crippen LogP contribution in [0.3, 0.4) is 0 Å². The summed E-state index contributed by atoms with van der Waals surface area (Å²) in [7, 11) is 1.55. The maximum atomic E-state index is 12.2. The van der Waals surface area contributed by atoms with Gasteiger partial charge >= 0.3 is 12.1 Å². The maximum Gasteiger partial charge on any atom is 0.333 e. The van der Waals surface area contributed by atoms with Crippen molar-refractivity contribution in [2.75, 3.05) is 25.2 Å². The van der Waals surface area contributed by atoms with Crippen LogP contribution in [-0.4, -0.2) is 43.3 Å². The number of urea groups is 2. The largest absolute Gasteiger partial charge is 0.497 e. The zero-order chi connectivity index (χ0) is 13.6. The van der Waals surface area contributed by atoms with E-state index < -0.39 is 12.1 Å². The Bertz CT molecular complexity index is 560. The van der Waals surface area contributed by atoms with Crippen LogP contribution in [0.2, 0.25) is 0 Å². The molecular weight excluding hydrogens is 250 g/mol. The molecule has 0 spiro atoms. The molecule has 2 aliphatic heterocycles. The SMILES string of the molecule is COc1ccc2c(c1)N1C(=O)N(C(N)=O)CC1CO2. The molecule has 100 valence electrons. The van der Waals surface area contributed by atoms with Gasteiger partial charge in [-0.05, 0) is 12.1 Å². The van der Waals surface area contributed by atoms with E-state index in [1.807, 2.05) is 0 Å². The number of nitrogens with zero attached hydrogens (tertiary/aromatic N) is 2. The van der Waals surface area contributed by atoms with Gasteiger partial charge in [0.1, 0.15) is 18.1 Å². The fourth-order valence-electron chi connectivity index (χ4n) is 2.39. The van der Waals surface area contributed by atoms with Crippen LogP contribution in [0.25, 0.3) is 0 Å². The van der Waals surface area contributed by atoms with Gasteiger partial charge in [-0.3, -0.25) is 4.90 Å². The second-order valence-electron chi connectivity index (χ2n) is 4.40. The van der Waals surface area contributed by atoms with Crippen molar-refractivity contribution in [1.29, 1.82) is 0 Å². The highest BCUT2D eigenvalue weighted by atomic mass is 16.5. The topological polar surface area (TPSA) is 85.1 Å². The summed E-state index contributed by atoms with van der Waals surface area (Å²) in [5.41, 5.74) is 5.79. The number of hydrogen-bond acceptors (Lipinski definition) is 4. The standard InChI is InChI=1S/C12H13N3O4/c1-18-8-2-3-10-9(4-8)15-7(6-19-10)5-14(11(13)16)12(15)17/h2-4,7H,5-6H2,1H3,(H2,13,16). The van der Waals surface area contributed by atoms with Gasteiger partial charge in [-0.1, -0.05) is 0 Å². The van der Waals surface area contributed by atoms with E-state index in [-0.39, 0.29) is 12.6 Å². The Hall–Kier alpha value is -2.44. The molecule has 1 fully saturated rings. The minimum atomic E-state index is -0.746. The average Bonchev–Trinajstić information content (AvgIpc) is 2.76. The molecule has 0 saturated carbocycles. The van der Waals surface area contributed by atoms with E-state index in [4.69, 9.17) is 15.2 Å². The Balaban J connectivity index is 2.03. The molecule has 19 heavy (non-hydrogen) atoms. The first-order chi connectivity index (χ1) is 9.11. The molecule has 0 radical (unpaired) electrons. The van der Waals surface area contributed by atoms with Gasteiger partial charge in [0, 0.05) is 6.07 Å². The van der Waals surface area contributed by atoms with Gasteiger partial charge < -0.3 is 15.2 Å². The molecule has 1 aromatic rings. The van der Waals surface area contributed by atoms with Crippen molar-refractivity contribution < 1.29 is 19.1 Å². The van der Waals surface area contributed by atoms with Crippen LogP contribution in [0, 0.1) is 0 Å². The minimum absolute atomic E-state index is 0.209. The number of primary amides is 1.